The van der Waals surface area contributed by atoms with Crippen molar-refractivity contribution in [2.45, 2.75) is 46.1 Å². The van der Waals surface area contributed by atoms with E-state index in [-0.39, 0.29) is 0 Å². The molecule has 3 atom stereocenters. The number of hydrogen-bond acceptors (Lipinski definition) is 1. The van der Waals surface area contributed by atoms with Crippen LogP contribution in [0.3, 0.4) is 0 Å². The lowest BCUT2D eigenvalue weighted by Crippen LogP contribution is -2.33. The first-order valence-electron chi connectivity index (χ1n) is 5.18. The number of methoxy groups -OCH3 is 1. The third kappa shape index (κ3) is 2.22. The van der Waals surface area contributed by atoms with Crippen molar-refractivity contribution in [3.05, 3.63) is 0 Å². The van der Waals surface area contributed by atoms with E-state index in [1.54, 1.807) is 0 Å². The molecule has 12 heavy (non-hydrogen) atoms. The van der Waals surface area contributed by atoms with Gasteiger partial charge in [0, 0.05) is 7.11 Å². The second-order valence-corrected chi connectivity index (χ2v) is 4.60. The van der Waals surface area contributed by atoms with Crippen molar-refractivity contribution in [3.63, 3.8) is 0 Å². The highest BCUT2D eigenvalue weighted by molar-refractivity contribution is 4.80. The summed E-state index contributed by atoms with van der Waals surface area (Å²) in [7, 11) is 1.86. The molecule has 0 aromatic rings. The van der Waals surface area contributed by atoms with E-state index in [0.29, 0.717) is 6.10 Å². The first kappa shape index (κ1) is 10.0. The van der Waals surface area contributed by atoms with Crippen LogP contribution in [0.15, 0.2) is 0 Å². The van der Waals surface area contributed by atoms with Crippen LogP contribution in [0.5, 0.6) is 0 Å². The summed E-state index contributed by atoms with van der Waals surface area (Å²) in [5.74, 6) is 2.44. The molecule has 0 radical (unpaired) electrons. The van der Waals surface area contributed by atoms with Crippen molar-refractivity contribution < 1.29 is 4.74 Å². The Labute approximate surface area is 76.5 Å². The van der Waals surface area contributed by atoms with Crippen LogP contribution >= 0.6 is 0 Å². The maximum atomic E-state index is 5.54. The molecule has 0 aromatic carbocycles. The van der Waals surface area contributed by atoms with Crippen molar-refractivity contribution in [2.75, 3.05) is 7.11 Å². The minimum absolute atomic E-state index is 0.522. The third-order valence-electron chi connectivity index (χ3n) is 3.26. The topological polar surface area (TPSA) is 9.23 Å². The first-order chi connectivity index (χ1) is 5.65. The van der Waals surface area contributed by atoms with E-state index < -0.39 is 0 Å². The highest BCUT2D eigenvalue weighted by atomic mass is 16.5. The quantitative estimate of drug-likeness (QED) is 0.619. The van der Waals surface area contributed by atoms with Crippen LogP contribution in [-0.4, -0.2) is 13.2 Å². The van der Waals surface area contributed by atoms with Gasteiger partial charge in [0.25, 0.3) is 0 Å². The van der Waals surface area contributed by atoms with Crippen molar-refractivity contribution in [1.29, 1.82) is 0 Å². The molecule has 0 amide bonds. The predicted octanol–water partition coefficient (Wildman–Crippen LogP) is 3.09. The van der Waals surface area contributed by atoms with Gasteiger partial charge in [-0.25, -0.2) is 0 Å². The lowest BCUT2D eigenvalue weighted by Gasteiger charge is -2.36. The maximum absolute atomic E-state index is 5.54. The largest absolute Gasteiger partial charge is 0.381 e. The van der Waals surface area contributed by atoms with E-state index in [9.17, 15) is 0 Å². The van der Waals surface area contributed by atoms with E-state index in [2.05, 4.69) is 20.8 Å². The fourth-order valence-electron chi connectivity index (χ4n) is 2.39. The Balaban J connectivity index is 2.50. The molecule has 0 unspecified atom stereocenters. The second-order valence-electron chi connectivity index (χ2n) is 4.60. The highest BCUT2D eigenvalue weighted by Gasteiger charge is 2.30. The van der Waals surface area contributed by atoms with Gasteiger partial charge in [-0.05, 0) is 30.6 Å². The summed E-state index contributed by atoms with van der Waals surface area (Å²) < 4.78 is 5.54. The molecule has 0 heterocycles. The van der Waals surface area contributed by atoms with E-state index in [0.717, 1.165) is 17.8 Å². The fourth-order valence-corrected chi connectivity index (χ4v) is 2.39. The van der Waals surface area contributed by atoms with Gasteiger partial charge in [-0.1, -0.05) is 27.2 Å². The summed E-state index contributed by atoms with van der Waals surface area (Å²) in [6.45, 7) is 6.96. The fraction of sp³-hybridized carbons (Fsp3) is 1.00. The van der Waals surface area contributed by atoms with Crippen LogP contribution in [0.1, 0.15) is 40.0 Å². The van der Waals surface area contributed by atoms with Gasteiger partial charge in [0.15, 0.2) is 0 Å². The molecule has 1 fully saturated rings. The van der Waals surface area contributed by atoms with Gasteiger partial charge in [0.2, 0.25) is 0 Å². The van der Waals surface area contributed by atoms with Gasteiger partial charge < -0.3 is 4.74 Å². The van der Waals surface area contributed by atoms with Crippen LogP contribution in [0, 0.1) is 17.8 Å². The second kappa shape index (κ2) is 4.27. The number of ether oxygens (including phenoxy) is 1. The summed E-state index contributed by atoms with van der Waals surface area (Å²) in [6.07, 6.45) is 4.54. The van der Waals surface area contributed by atoms with E-state index in [4.69, 9.17) is 4.74 Å². The minimum Gasteiger partial charge on any atom is -0.381 e. The van der Waals surface area contributed by atoms with Gasteiger partial charge in [0.1, 0.15) is 0 Å². The lowest BCUT2D eigenvalue weighted by atomic mass is 9.75. The monoisotopic (exact) mass is 170 g/mol. The Morgan fingerprint density at radius 3 is 2.42 bits per heavy atom. The summed E-state index contributed by atoms with van der Waals surface area (Å²) in [5.41, 5.74) is 0. The molecule has 1 heteroatoms. The first-order valence-corrected chi connectivity index (χ1v) is 5.18. The van der Waals surface area contributed by atoms with Gasteiger partial charge in [-0.2, -0.15) is 0 Å². The Morgan fingerprint density at radius 2 is 1.92 bits per heavy atom. The van der Waals surface area contributed by atoms with Gasteiger partial charge >= 0.3 is 0 Å². The Morgan fingerprint density at radius 1 is 1.25 bits per heavy atom. The number of hydrogen-bond donors (Lipinski definition) is 0. The molecular weight excluding hydrogens is 148 g/mol. The summed E-state index contributed by atoms with van der Waals surface area (Å²) in [5, 5.41) is 0. The van der Waals surface area contributed by atoms with Crippen molar-refractivity contribution in [3.8, 4) is 0 Å². The van der Waals surface area contributed by atoms with Crippen molar-refractivity contribution in [2.24, 2.45) is 17.8 Å². The third-order valence-corrected chi connectivity index (χ3v) is 3.26. The molecule has 1 rings (SSSR count). The van der Waals surface area contributed by atoms with E-state index in [1.165, 1.54) is 19.3 Å². The Bertz CT molecular complexity index is 131. The predicted molar refractivity (Wildman–Crippen MR) is 52.1 cm³/mol. The Hall–Kier alpha value is -0.0400. The molecule has 1 aliphatic carbocycles. The Kier molecular flexibility index (Phi) is 3.57. The minimum atomic E-state index is 0.522. The van der Waals surface area contributed by atoms with E-state index >= 15 is 0 Å². The van der Waals surface area contributed by atoms with Crippen LogP contribution in [0.25, 0.3) is 0 Å². The van der Waals surface area contributed by atoms with Crippen LogP contribution in [0.2, 0.25) is 0 Å². The summed E-state index contributed by atoms with van der Waals surface area (Å²) in [6, 6.07) is 0. The molecule has 0 spiro atoms. The van der Waals surface area contributed by atoms with Crippen molar-refractivity contribution in [1.82, 2.24) is 0 Å². The zero-order valence-electron chi connectivity index (χ0n) is 8.84. The standard InChI is InChI=1S/C11H22O/c1-8(2)10-6-5-9(3)7-11(10)12-4/h8-11H,5-7H2,1-4H3/t9-,10+,11-/m0/s1. The zero-order valence-corrected chi connectivity index (χ0v) is 8.84. The molecule has 1 saturated carbocycles. The summed E-state index contributed by atoms with van der Waals surface area (Å²) in [4.78, 5) is 0. The molecular formula is C11H22O. The molecule has 0 saturated heterocycles. The zero-order chi connectivity index (χ0) is 9.14. The van der Waals surface area contributed by atoms with Crippen LogP contribution < -0.4 is 0 Å². The highest BCUT2D eigenvalue weighted by Crippen LogP contribution is 2.34. The van der Waals surface area contributed by atoms with E-state index in [1.807, 2.05) is 7.11 Å². The SMILES string of the molecule is CO[C@H]1C[C@@H](C)CC[C@@H]1C(C)C. The van der Waals surface area contributed by atoms with Gasteiger partial charge in [0.05, 0.1) is 6.10 Å². The average Bonchev–Trinajstić information content (AvgIpc) is 2.03. The molecule has 1 nitrogen and oxygen atoms in total. The van der Waals surface area contributed by atoms with Gasteiger partial charge in [-0.15, -0.1) is 0 Å². The lowest BCUT2D eigenvalue weighted by molar-refractivity contribution is -0.00982. The van der Waals surface area contributed by atoms with Gasteiger partial charge in [-0.3, -0.25) is 0 Å². The van der Waals surface area contributed by atoms with Crippen LogP contribution in [-0.2, 0) is 4.74 Å². The summed E-state index contributed by atoms with van der Waals surface area (Å²) >= 11 is 0. The molecule has 0 N–H and O–H groups in total. The molecule has 0 aliphatic heterocycles. The molecule has 0 aromatic heterocycles. The average molecular weight is 170 g/mol. The maximum Gasteiger partial charge on any atom is 0.0604 e. The van der Waals surface area contributed by atoms with Crippen LogP contribution in [0.4, 0.5) is 0 Å². The number of rotatable bonds is 2. The smallest absolute Gasteiger partial charge is 0.0604 e. The molecule has 1 aliphatic rings. The normalized spacial score (nSPS) is 37.2. The molecule has 0 bridgehead atoms. The van der Waals surface area contributed by atoms with Crippen molar-refractivity contribution >= 4 is 0 Å². The molecule has 72 valence electrons.